The lowest BCUT2D eigenvalue weighted by atomic mass is 10.2. The number of ether oxygens (including phenoxy) is 1. The summed E-state index contributed by atoms with van der Waals surface area (Å²) in [5, 5.41) is 3.41. The van der Waals surface area contributed by atoms with Crippen molar-refractivity contribution in [2.45, 2.75) is 13.8 Å². The van der Waals surface area contributed by atoms with E-state index in [9.17, 15) is 4.79 Å². The Morgan fingerprint density at radius 2 is 2.24 bits per heavy atom. The van der Waals surface area contributed by atoms with Crippen LogP contribution in [0.25, 0.3) is 10.2 Å². The second-order valence-corrected chi connectivity index (χ2v) is 5.00. The molecular weight excluding hydrogens is 236 g/mol. The summed E-state index contributed by atoms with van der Waals surface area (Å²) in [6, 6.07) is 5.73. The normalized spacial score (nSPS) is 10.8. The second-order valence-electron chi connectivity index (χ2n) is 3.97. The maximum absolute atomic E-state index is 11.6. The first-order valence-corrected chi connectivity index (χ1v) is 6.18. The minimum Gasteiger partial charge on any atom is -0.494 e. The SMILES string of the molecule is COc1cccc2sc(NC(=O)C(C)C)nc12. The quantitative estimate of drug-likeness (QED) is 0.911. The van der Waals surface area contributed by atoms with Crippen LogP contribution in [0.5, 0.6) is 5.75 Å². The van der Waals surface area contributed by atoms with E-state index in [1.54, 1.807) is 7.11 Å². The van der Waals surface area contributed by atoms with Crippen molar-refractivity contribution < 1.29 is 9.53 Å². The average Bonchev–Trinajstić information content (AvgIpc) is 2.70. The van der Waals surface area contributed by atoms with Crippen molar-refractivity contribution in [3.63, 3.8) is 0 Å². The standard InChI is InChI=1S/C12H14N2O2S/c1-7(2)11(15)14-12-13-10-8(16-3)5-4-6-9(10)17-12/h4-7H,1-3H3,(H,13,14,15). The van der Waals surface area contributed by atoms with E-state index in [-0.39, 0.29) is 11.8 Å². The topological polar surface area (TPSA) is 51.2 Å². The Bertz CT molecular complexity index is 548. The first-order chi connectivity index (χ1) is 8.11. The van der Waals surface area contributed by atoms with E-state index in [2.05, 4.69) is 10.3 Å². The molecule has 1 heterocycles. The molecule has 0 aliphatic rings. The molecule has 0 aliphatic heterocycles. The molecule has 1 aromatic heterocycles. The highest BCUT2D eigenvalue weighted by Gasteiger charge is 2.12. The zero-order valence-electron chi connectivity index (χ0n) is 9.98. The van der Waals surface area contributed by atoms with Crippen LogP contribution in [0.15, 0.2) is 18.2 Å². The van der Waals surface area contributed by atoms with Crippen molar-refractivity contribution in [3.8, 4) is 5.75 Å². The predicted octanol–water partition coefficient (Wildman–Crippen LogP) is 2.90. The summed E-state index contributed by atoms with van der Waals surface area (Å²) in [6.45, 7) is 3.70. The molecule has 0 aliphatic carbocycles. The lowest BCUT2D eigenvalue weighted by Crippen LogP contribution is -2.17. The van der Waals surface area contributed by atoms with Crippen LogP contribution in [-0.4, -0.2) is 18.0 Å². The van der Waals surface area contributed by atoms with Crippen LogP contribution in [0, 0.1) is 5.92 Å². The second kappa shape index (κ2) is 4.71. The summed E-state index contributed by atoms with van der Waals surface area (Å²) in [5.74, 6) is 0.649. The number of amides is 1. The van der Waals surface area contributed by atoms with Crippen LogP contribution in [0.2, 0.25) is 0 Å². The van der Waals surface area contributed by atoms with Gasteiger partial charge in [0, 0.05) is 5.92 Å². The molecule has 2 rings (SSSR count). The monoisotopic (exact) mass is 250 g/mol. The molecule has 0 bridgehead atoms. The largest absolute Gasteiger partial charge is 0.494 e. The van der Waals surface area contributed by atoms with E-state index in [0.717, 1.165) is 16.0 Å². The molecule has 90 valence electrons. The van der Waals surface area contributed by atoms with Crippen LogP contribution in [0.4, 0.5) is 5.13 Å². The highest BCUT2D eigenvalue weighted by atomic mass is 32.1. The third-order valence-corrected chi connectivity index (χ3v) is 3.29. The van der Waals surface area contributed by atoms with Gasteiger partial charge in [-0.2, -0.15) is 0 Å². The highest BCUT2D eigenvalue weighted by Crippen LogP contribution is 2.32. The fraction of sp³-hybridized carbons (Fsp3) is 0.333. The smallest absolute Gasteiger partial charge is 0.228 e. The van der Waals surface area contributed by atoms with Crippen LogP contribution in [0.3, 0.4) is 0 Å². The first-order valence-electron chi connectivity index (χ1n) is 5.36. The van der Waals surface area contributed by atoms with Crippen molar-refractivity contribution in [1.29, 1.82) is 0 Å². The Balaban J connectivity index is 2.35. The molecule has 0 spiro atoms. The number of carbonyl (C=O) groups excluding carboxylic acids is 1. The number of fused-ring (bicyclic) bond motifs is 1. The number of methoxy groups -OCH3 is 1. The number of thiazole rings is 1. The number of rotatable bonds is 3. The third kappa shape index (κ3) is 2.39. The molecule has 0 radical (unpaired) electrons. The molecule has 4 nitrogen and oxygen atoms in total. The molecular formula is C12H14N2O2S. The maximum atomic E-state index is 11.6. The van der Waals surface area contributed by atoms with Gasteiger partial charge >= 0.3 is 0 Å². The van der Waals surface area contributed by atoms with E-state index in [4.69, 9.17) is 4.74 Å². The van der Waals surface area contributed by atoms with Crippen LogP contribution in [0.1, 0.15) is 13.8 Å². The van der Waals surface area contributed by atoms with Crippen molar-refractivity contribution in [2.24, 2.45) is 5.92 Å². The van der Waals surface area contributed by atoms with E-state index < -0.39 is 0 Å². The summed E-state index contributed by atoms with van der Waals surface area (Å²) in [6.07, 6.45) is 0. The molecule has 2 aromatic rings. The molecule has 5 heteroatoms. The van der Waals surface area contributed by atoms with Gasteiger partial charge in [-0.1, -0.05) is 31.3 Å². The lowest BCUT2D eigenvalue weighted by molar-refractivity contribution is -0.118. The fourth-order valence-corrected chi connectivity index (χ4v) is 2.28. The van der Waals surface area contributed by atoms with E-state index >= 15 is 0 Å². The number of hydrogen-bond acceptors (Lipinski definition) is 4. The molecule has 0 fully saturated rings. The molecule has 0 saturated heterocycles. The van der Waals surface area contributed by atoms with Crippen LogP contribution < -0.4 is 10.1 Å². The van der Waals surface area contributed by atoms with Crippen molar-refractivity contribution in [2.75, 3.05) is 12.4 Å². The third-order valence-electron chi connectivity index (χ3n) is 2.36. The first kappa shape index (κ1) is 11.9. The van der Waals surface area contributed by atoms with E-state index in [1.807, 2.05) is 32.0 Å². The van der Waals surface area contributed by atoms with E-state index in [0.29, 0.717) is 5.13 Å². The molecule has 17 heavy (non-hydrogen) atoms. The van der Waals surface area contributed by atoms with Gasteiger partial charge in [0.05, 0.1) is 11.8 Å². The molecule has 0 saturated carbocycles. The Hall–Kier alpha value is -1.62. The number of hydrogen-bond donors (Lipinski definition) is 1. The summed E-state index contributed by atoms with van der Waals surface area (Å²) in [5.41, 5.74) is 0.791. The molecule has 1 aromatic carbocycles. The Labute approximate surface area is 104 Å². The van der Waals surface area contributed by atoms with Gasteiger partial charge in [-0.05, 0) is 12.1 Å². The molecule has 1 N–H and O–H groups in total. The number of anilines is 1. The summed E-state index contributed by atoms with van der Waals surface area (Å²) in [7, 11) is 1.61. The Morgan fingerprint density at radius 3 is 2.88 bits per heavy atom. The number of aromatic nitrogens is 1. The summed E-state index contributed by atoms with van der Waals surface area (Å²) < 4.78 is 6.23. The zero-order valence-corrected chi connectivity index (χ0v) is 10.8. The number of nitrogens with one attached hydrogen (secondary N) is 1. The van der Waals surface area contributed by atoms with E-state index in [1.165, 1.54) is 11.3 Å². The van der Waals surface area contributed by atoms with Gasteiger partial charge < -0.3 is 10.1 Å². The molecule has 0 atom stereocenters. The summed E-state index contributed by atoms with van der Waals surface area (Å²) >= 11 is 1.45. The average molecular weight is 250 g/mol. The van der Waals surface area contributed by atoms with Gasteiger partial charge in [0.2, 0.25) is 5.91 Å². The van der Waals surface area contributed by atoms with Gasteiger partial charge in [0.25, 0.3) is 0 Å². The minimum atomic E-state index is -0.0519. The van der Waals surface area contributed by atoms with Crippen LogP contribution in [-0.2, 0) is 4.79 Å². The van der Waals surface area contributed by atoms with Gasteiger partial charge in [0.1, 0.15) is 11.3 Å². The summed E-state index contributed by atoms with van der Waals surface area (Å²) in [4.78, 5) is 15.9. The van der Waals surface area contributed by atoms with Gasteiger partial charge in [-0.25, -0.2) is 4.98 Å². The zero-order chi connectivity index (χ0) is 12.4. The molecule has 1 amide bonds. The Kier molecular flexibility index (Phi) is 3.28. The predicted molar refractivity (Wildman–Crippen MR) is 69.6 cm³/mol. The van der Waals surface area contributed by atoms with Crippen LogP contribution >= 0.6 is 11.3 Å². The van der Waals surface area contributed by atoms with Crippen molar-refractivity contribution >= 4 is 32.6 Å². The van der Waals surface area contributed by atoms with Gasteiger partial charge in [-0.15, -0.1) is 0 Å². The number of carbonyl (C=O) groups is 1. The van der Waals surface area contributed by atoms with Gasteiger partial charge in [0.15, 0.2) is 5.13 Å². The maximum Gasteiger partial charge on any atom is 0.228 e. The van der Waals surface area contributed by atoms with Gasteiger partial charge in [-0.3, -0.25) is 4.79 Å². The number of benzene rings is 1. The number of nitrogens with zero attached hydrogens (tertiary/aromatic N) is 1. The number of para-hydroxylation sites is 1. The molecule has 0 unspecified atom stereocenters. The highest BCUT2D eigenvalue weighted by molar-refractivity contribution is 7.22. The van der Waals surface area contributed by atoms with Crippen molar-refractivity contribution in [3.05, 3.63) is 18.2 Å². The fourth-order valence-electron chi connectivity index (χ4n) is 1.39. The van der Waals surface area contributed by atoms with Crippen molar-refractivity contribution in [1.82, 2.24) is 4.98 Å². The minimum absolute atomic E-state index is 0.0250. The Morgan fingerprint density at radius 1 is 1.47 bits per heavy atom. The lowest BCUT2D eigenvalue weighted by Gasteiger charge is -2.02.